The summed E-state index contributed by atoms with van der Waals surface area (Å²) in [5.41, 5.74) is 4.66. The van der Waals surface area contributed by atoms with E-state index in [0.717, 1.165) is 18.2 Å². The fourth-order valence-corrected chi connectivity index (χ4v) is 1.75. The summed E-state index contributed by atoms with van der Waals surface area (Å²) in [6.45, 7) is 0. The molecule has 110 valence electrons. The predicted octanol–water partition coefficient (Wildman–Crippen LogP) is 3.01. The predicted molar refractivity (Wildman–Crippen MR) is 69.5 cm³/mol. The molecule has 2 rings (SSSR count). The molecule has 21 heavy (non-hydrogen) atoms. The van der Waals surface area contributed by atoms with Crippen molar-refractivity contribution in [2.45, 2.75) is 6.42 Å². The maximum absolute atomic E-state index is 13.5. The number of hydrogen-bond acceptors (Lipinski definition) is 2. The molecule has 3 N–H and O–H groups in total. The highest BCUT2D eigenvalue weighted by Gasteiger charge is 2.14. The Labute approximate surface area is 117 Å². The van der Waals surface area contributed by atoms with Crippen LogP contribution in [0.3, 0.4) is 0 Å². The molecule has 2 aromatic rings. The molecule has 0 atom stereocenters. The van der Waals surface area contributed by atoms with E-state index in [-0.39, 0.29) is 16.9 Å². The molecule has 3 nitrogen and oxygen atoms in total. The Hall–Kier alpha value is -2.57. The minimum Gasteiger partial charge on any atom is -0.397 e. The van der Waals surface area contributed by atoms with Crippen molar-refractivity contribution < 1.29 is 22.4 Å². The standard InChI is InChI=1S/C14H10F4N2O/c15-8-2-1-7(10(17)4-8)3-13(21)20-14-11(18)5-9(16)6-12(14)19/h1-2,4-6H,3,19H2,(H,20,21). The molecule has 0 saturated heterocycles. The summed E-state index contributed by atoms with van der Waals surface area (Å²) < 4.78 is 52.5. The van der Waals surface area contributed by atoms with Crippen molar-refractivity contribution in [1.29, 1.82) is 0 Å². The number of carbonyl (C=O) groups excluding carboxylic acids is 1. The summed E-state index contributed by atoms with van der Waals surface area (Å²) in [6, 6.07) is 4.14. The number of halogens is 4. The molecule has 0 aliphatic heterocycles. The summed E-state index contributed by atoms with van der Waals surface area (Å²) in [6.07, 6.45) is -0.442. The van der Waals surface area contributed by atoms with Crippen molar-refractivity contribution in [3.63, 3.8) is 0 Å². The summed E-state index contributed by atoms with van der Waals surface area (Å²) >= 11 is 0. The van der Waals surface area contributed by atoms with Crippen molar-refractivity contribution in [3.8, 4) is 0 Å². The Bertz CT molecular complexity index is 680. The van der Waals surface area contributed by atoms with Gasteiger partial charge in [-0.25, -0.2) is 17.6 Å². The van der Waals surface area contributed by atoms with E-state index in [4.69, 9.17) is 5.73 Å². The van der Waals surface area contributed by atoms with Crippen LogP contribution in [0.2, 0.25) is 0 Å². The molecule has 0 heterocycles. The lowest BCUT2D eigenvalue weighted by Gasteiger charge is -2.10. The molecule has 7 heteroatoms. The quantitative estimate of drug-likeness (QED) is 0.676. The molecule has 0 spiro atoms. The Morgan fingerprint density at radius 2 is 1.67 bits per heavy atom. The fourth-order valence-electron chi connectivity index (χ4n) is 1.75. The number of hydrogen-bond donors (Lipinski definition) is 2. The number of rotatable bonds is 3. The zero-order valence-electron chi connectivity index (χ0n) is 10.6. The number of carbonyl (C=O) groups is 1. The maximum atomic E-state index is 13.5. The third-order valence-electron chi connectivity index (χ3n) is 2.72. The molecule has 0 aliphatic rings. The van der Waals surface area contributed by atoms with Gasteiger partial charge in [0.25, 0.3) is 0 Å². The van der Waals surface area contributed by atoms with Gasteiger partial charge in [0.1, 0.15) is 23.1 Å². The Morgan fingerprint density at radius 1 is 1.00 bits per heavy atom. The van der Waals surface area contributed by atoms with Gasteiger partial charge in [-0.15, -0.1) is 0 Å². The molecule has 1 amide bonds. The Kier molecular flexibility index (Phi) is 4.11. The molecule has 0 saturated carbocycles. The van der Waals surface area contributed by atoms with Gasteiger partial charge in [0.15, 0.2) is 5.82 Å². The average Bonchev–Trinajstić information content (AvgIpc) is 2.37. The van der Waals surface area contributed by atoms with Crippen LogP contribution in [0.5, 0.6) is 0 Å². The van der Waals surface area contributed by atoms with E-state index >= 15 is 0 Å². The molecule has 0 aromatic heterocycles. The number of anilines is 2. The second-order valence-corrected chi connectivity index (χ2v) is 4.31. The van der Waals surface area contributed by atoms with Crippen LogP contribution >= 0.6 is 0 Å². The van der Waals surface area contributed by atoms with Crippen LogP contribution < -0.4 is 11.1 Å². The van der Waals surface area contributed by atoms with E-state index in [1.165, 1.54) is 0 Å². The summed E-state index contributed by atoms with van der Waals surface area (Å²) in [4.78, 5) is 11.7. The molecule has 0 bridgehead atoms. The molecule has 0 fully saturated rings. The van der Waals surface area contributed by atoms with Crippen LogP contribution in [-0.2, 0) is 11.2 Å². The number of amides is 1. The molecular formula is C14H10F4N2O. The van der Waals surface area contributed by atoms with Crippen molar-refractivity contribution in [2.24, 2.45) is 0 Å². The first kappa shape index (κ1) is 14.8. The van der Waals surface area contributed by atoms with Crippen molar-refractivity contribution >= 4 is 17.3 Å². The van der Waals surface area contributed by atoms with E-state index in [9.17, 15) is 22.4 Å². The Balaban J connectivity index is 2.16. The zero-order valence-corrected chi connectivity index (χ0v) is 10.6. The topological polar surface area (TPSA) is 55.1 Å². The lowest BCUT2D eigenvalue weighted by Crippen LogP contribution is -2.17. The fraction of sp³-hybridized carbons (Fsp3) is 0.0714. The molecule has 0 radical (unpaired) electrons. The van der Waals surface area contributed by atoms with Gasteiger partial charge in [0, 0.05) is 12.1 Å². The van der Waals surface area contributed by atoms with Crippen LogP contribution in [0.25, 0.3) is 0 Å². The van der Waals surface area contributed by atoms with Crippen LogP contribution in [0.4, 0.5) is 28.9 Å². The van der Waals surface area contributed by atoms with Gasteiger partial charge < -0.3 is 11.1 Å². The largest absolute Gasteiger partial charge is 0.397 e. The number of nitrogen functional groups attached to an aromatic ring is 1. The number of nitrogens with two attached hydrogens (primary N) is 1. The van der Waals surface area contributed by atoms with Gasteiger partial charge in [0.2, 0.25) is 5.91 Å². The van der Waals surface area contributed by atoms with Crippen molar-refractivity contribution in [1.82, 2.24) is 0 Å². The molecular weight excluding hydrogens is 288 g/mol. The summed E-state index contributed by atoms with van der Waals surface area (Å²) in [5.74, 6) is -4.35. The highest BCUT2D eigenvalue weighted by atomic mass is 19.1. The second-order valence-electron chi connectivity index (χ2n) is 4.31. The van der Waals surface area contributed by atoms with Gasteiger partial charge in [-0.3, -0.25) is 4.79 Å². The van der Waals surface area contributed by atoms with Gasteiger partial charge >= 0.3 is 0 Å². The van der Waals surface area contributed by atoms with E-state index in [0.29, 0.717) is 12.1 Å². The number of benzene rings is 2. The Morgan fingerprint density at radius 3 is 2.29 bits per heavy atom. The summed E-state index contributed by atoms with van der Waals surface area (Å²) in [7, 11) is 0. The van der Waals surface area contributed by atoms with E-state index < -0.39 is 35.6 Å². The zero-order chi connectivity index (χ0) is 15.6. The molecule has 0 aliphatic carbocycles. The first-order chi connectivity index (χ1) is 9.86. The SMILES string of the molecule is Nc1cc(F)cc(F)c1NC(=O)Cc1ccc(F)cc1F. The van der Waals surface area contributed by atoms with Gasteiger partial charge in [-0.2, -0.15) is 0 Å². The summed E-state index contributed by atoms with van der Waals surface area (Å²) in [5, 5.41) is 2.13. The third-order valence-corrected chi connectivity index (χ3v) is 2.72. The van der Waals surface area contributed by atoms with Crippen LogP contribution in [0, 0.1) is 23.3 Å². The smallest absolute Gasteiger partial charge is 0.229 e. The van der Waals surface area contributed by atoms with Crippen LogP contribution in [-0.4, -0.2) is 5.91 Å². The third kappa shape index (κ3) is 3.50. The first-order valence-corrected chi connectivity index (χ1v) is 5.85. The van der Waals surface area contributed by atoms with Gasteiger partial charge in [-0.1, -0.05) is 6.07 Å². The van der Waals surface area contributed by atoms with Crippen molar-refractivity contribution in [3.05, 3.63) is 59.2 Å². The molecule has 2 aromatic carbocycles. The van der Waals surface area contributed by atoms with E-state index in [2.05, 4.69) is 5.32 Å². The second kappa shape index (κ2) is 5.82. The molecule has 0 unspecified atom stereocenters. The lowest BCUT2D eigenvalue weighted by molar-refractivity contribution is -0.115. The van der Waals surface area contributed by atoms with Crippen LogP contribution in [0.15, 0.2) is 30.3 Å². The monoisotopic (exact) mass is 298 g/mol. The van der Waals surface area contributed by atoms with Crippen LogP contribution in [0.1, 0.15) is 5.56 Å². The maximum Gasteiger partial charge on any atom is 0.229 e. The van der Waals surface area contributed by atoms with E-state index in [1.54, 1.807) is 0 Å². The average molecular weight is 298 g/mol. The van der Waals surface area contributed by atoms with Gasteiger partial charge in [0.05, 0.1) is 12.1 Å². The first-order valence-electron chi connectivity index (χ1n) is 5.85. The van der Waals surface area contributed by atoms with Gasteiger partial charge in [-0.05, 0) is 17.7 Å². The van der Waals surface area contributed by atoms with E-state index in [1.807, 2.05) is 0 Å². The number of nitrogens with one attached hydrogen (secondary N) is 1. The lowest BCUT2D eigenvalue weighted by atomic mass is 10.1. The highest BCUT2D eigenvalue weighted by molar-refractivity contribution is 5.95. The normalized spacial score (nSPS) is 10.5. The highest BCUT2D eigenvalue weighted by Crippen LogP contribution is 2.24. The van der Waals surface area contributed by atoms with Crippen molar-refractivity contribution in [2.75, 3.05) is 11.1 Å². The minimum absolute atomic E-state index is 0.0602. The minimum atomic E-state index is -1.04.